The Morgan fingerprint density at radius 2 is 2.00 bits per heavy atom. The van der Waals surface area contributed by atoms with E-state index in [0.717, 1.165) is 17.5 Å². The van der Waals surface area contributed by atoms with E-state index >= 15 is 0 Å². The van der Waals surface area contributed by atoms with Gasteiger partial charge in [-0.3, -0.25) is 4.90 Å². The van der Waals surface area contributed by atoms with Crippen LogP contribution in [0.3, 0.4) is 0 Å². The molecule has 4 nitrogen and oxygen atoms in total. The monoisotopic (exact) mass is 288 g/mol. The second kappa shape index (κ2) is 5.50. The van der Waals surface area contributed by atoms with Gasteiger partial charge in [0.25, 0.3) is 0 Å². The zero-order chi connectivity index (χ0) is 14.2. The zero-order valence-electron chi connectivity index (χ0n) is 12.7. The maximum absolute atomic E-state index is 5.69. The van der Waals surface area contributed by atoms with Crippen molar-refractivity contribution in [1.29, 1.82) is 0 Å². The van der Waals surface area contributed by atoms with Gasteiger partial charge < -0.3 is 14.8 Å². The molecule has 4 heteroatoms. The summed E-state index contributed by atoms with van der Waals surface area (Å²) >= 11 is 0. The van der Waals surface area contributed by atoms with Crippen molar-refractivity contribution in [3.05, 3.63) is 23.8 Å². The molecule has 1 N–H and O–H groups in total. The molecular formula is C17H24N2O2. The van der Waals surface area contributed by atoms with E-state index < -0.39 is 0 Å². The Hall–Kier alpha value is -1.26. The van der Waals surface area contributed by atoms with Crippen LogP contribution in [0.1, 0.15) is 37.8 Å². The molecule has 3 atom stereocenters. The van der Waals surface area contributed by atoms with Gasteiger partial charge in [0.15, 0.2) is 11.5 Å². The summed E-state index contributed by atoms with van der Waals surface area (Å²) < 4.78 is 11.3. The zero-order valence-corrected chi connectivity index (χ0v) is 12.7. The van der Waals surface area contributed by atoms with Gasteiger partial charge >= 0.3 is 0 Å². The number of fused-ring (bicyclic) bond motifs is 2. The highest BCUT2D eigenvalue weighted by Crippen LogP contribution is 2.34. The van der Waals surface area contributed by atoms with E-state index in [1.54, 1.807) is 0 Å². The van der Waals surface area contributed by atoms with Crippen LogP contribution in [-0.4, -0.2) is 43.3 Å². The van der Waals surface area contributed by atoms with Crippen molar-refractivity contribution in [2.75, 3.05) is 26.3 Å². The van der Waals surface area contributed by atoms with Crippen molar-refractivity contribution in [2.24, 2.45) is 0 Å². The van der Waals surface area contributed by atoms with Gasteiger partial charge in [-0.2, -0.15) is 0 Å². The van der Waals surface area contributed by atoms with Crippen LogP contribution in [0.25, 0.3) is 0 Å². The van der Waals surface area contributed by atoms with Gasteiger partial charge in [0.2, 0.25) is 0 Å². The Morgan fingerprint density at radius 1 is 1.14 bits per heavy atom. The van der Waals surface area contributed by atoms with Gasteiger partial charge in [-0.25, -0.2) is 0 Å². The third-order valence-corrected chi connectivity index (χ3v) is 5.14. The average molecular weight is 288 g/mol. The van der Waals surface area contributed by atoms with Crippen LogP contribution in [0.2, 0.25) is 0 Å². The minimum atomic E-state index is 0.353. The first-order valence-corrected chi connectivity index (χ1v) is 8.21. The highest BCUT2D eigenvalue weighted by atomic mass is 16.6. The van der Waals surface area contributed by atoms with Crippen LogP contribution in [0, 0.1) is 0 Å². The average Bonchev–Trinajstić information content (AvgIpc) is 3.12. The smallest absolute Gasteiger partial charge is 0.161 e. The van der Waals surface area contributed by atoms with Crippen molar-refractivity contribution in [3.63, 3.8) is 0 Å². The summed E-state index contributed by atoms with van der Waals surface area (Å²) in [4.78, 5) is 2.65. The first kappa shape index (κ1) is 13.4. The van der Waals surface area contributed by atoms with Crippen molar-refractivity contribution >= 4 is 0 Å². The van der Waals surface area contributed by atoms with Gasteiger partial charge in [-0.1, -0.05) is 6.07 Å². The maximum atomic E-state index is 5.69. The van der Waals surface area contributed by atoms with E-state index in [0.29, 0.717) is 25.3 Å². The van der Waals surface area contributed by atoms with Crippen LogP contribution < -0.4 is 14.8 Å². The SMILES string of the molecule is CC(NC1CCN2CCCC12)c1ccc2c(c1)OCCO2. The normalized spacial score (nSPS) is 29.4. The molecule has 21 heavy (non-hydrogen) atoms. The summed E-state index contributed by atoms with van der Waals surface area (Å²) in [6, 6.07) is 8.07. The van der Waals surface area contributed by atoms with Gasteiger partial charge in [-0.15, -0.1) is 0 Å². The molecule has 0 saturated carbocycles. The third kappa shape index (κ3) is 2.51. The van der Waals surface area contributed by atoms with Crippen LogP contribution in [0.15, 0.2) is 18.2 Å². The molecule has 3 aliphatic heterocycles. The van der Waals surface area contributed by atoms with E-state index in [1.165, 1.54) is 37.9 Å². The lowest BCUT2D eigenvalue weighted by Crippen LogP contribution is -2.40. The molecule has 2 fully saturated rings. The number of rotatable bonds is 3. The summed E-state index contributed by atoms with van der Waals surface area (Å²) in [5.74, 6) is 1.77. The maximum Gasteiger partial charge on any atom is 0.161 e. The summed E-state index contributed by atoms with van der Waals surface area (Å²) in [6.07, 6.45) is 3.99. The summed E-state index contributed by atoms with van der Waals surface area (Å²) in [5.41, 5.74) is 1.29. The Morgan fingerprint density at radius 3 is 2.90 bits per heavy atom. The van der Waals surface area contributed by atoms with Crippen LogP contribution in [0.4, 0.5) is 0 Å². The fourth-order valence-corrected chi connectivity index (χ4v) is 4.02. The van der Waals surface area contributed by atoms with E-state index in [4.69, 9.17) is 9.47 Å². The highest BCUT2D eigenvalue weighted by molar-refractivity contribution is 5.44. The van der Waals surface area contributed by atoms with Crippen LogP contribution in [0.5, 0.6) is 11.5 Å². The van der Waals surface area contributed by atoms with Gasteiger partial charge in [-0.05, 0) is 50.4 Å². The molecule has 1 aromatic rings. The molecule has 2 saturated heterocycles. The Balaban J connectivity index is 1.46. The number of ether oxygens (including phenoxy) is 2. The number of hydrogen-bond donors (Lipinski definition) is 1. The molecule has 1 aromatic carbocycles. The van der Waals surface area contributed by atoms with Crippen molar-refractivity contribution in [1.82, 2.24) is 10.2 Å². The number of nitrogens with zero attached hydrogens (tertiary/aromatic N) is 1. The molecule has 0 amide bonds. The standard InChI is InChI=1S/C17H24N2O2/c1-12(18-14-6-8-19-7-2-3-15(14)19)13-4-5-16-17(11-13)21-10-9-20-16/h4-5,11-12,14-15,18H,2-3,6-10H2,1H3. The molecule has 0 aromatic heterocycles. The molecular weight excluding hydrogens is 264 g/mol. The van der Waals surface area contributed by atoms with E-state index in [1.807, 2.05) is 6.07 Å². The topological polar surface area (TPSA) is 33.7 Å². The quantitative estimate of drug-likeness (QED) is 0.925. The van der Waals surface area contributed by atoms with Crippen LogP contribution in [-0.2, 0) is 0 Å². The van der Waals surface area contributed by atoms with Gasteiger partial charge in [0, 0.05) is 24.7 Å². The predicted molar refractivity (Wildman–Crippen MR) is 82.0 cm³/mol. The van der Waals surface area contributed by atoms with Crippen LogP contribution >= 0.6 is 0 Å². The molecule has 0 radical (unpaired) electrons. The summed E-state index contributed by atoms with van der Waals surface area (Å²) in [6.45, 7) is 6.11. The molecule has 3 heterocycles. The first-order chi connectivity index (χ1) is 10.3. The fourth-order valence-electron chi connectivity index (χ4n) is 4.02. The summed E-state index contributed by atoms with van der Waals surface area (Å²) in [7, 11) is 0. The predicted octanol–water partition coefficient (Wildman–Crippen LogP) is 2.35. The first-order valence-electron chi connectivity index (χ1n) is 8.21. The Labute approximate surface area is 126 Å². The van der Waals surface area contributed by atoms with E-state index in [2.05, 4.69) is 29.3 Å². The van der Waals surface area contributed by atoms with Crippen molar-refractivity contribution < 1.29 is 9.47 Å². The second-order valence-electron chi connectivity index (χ2n) is 6.43. The van der Waals surface area contributed by atoms with Gasteiger partial charge in [0.05, 0.1) is 0 Å². The number of nitrogens with one attached hydrogen (secondary N) is 1. The molecule has 4 rings (SSSR count). The minimum absolute atomic E-state index is 0.353. The molecule has 3 aliphatic rings. The lowest BCUT2D eigenvalue weighted by atomic mass is 10.0. The second-order valence-corrected chi connectivity index (χ2v) is 6.43. The fraction of sp³-hybridized carbons (Fsp3) is 0.647. The van der Waals surface area contributed by atoms with E-state index in [9.17, 15) is 0 Å². The van der Waals surface area contributed by atoms with Crippen molar-refractivity contribution in [3.8, 4) is 11.5 Å². The number of benzene rings is 1. The molecule has 0 bridgehead atoms. The Kier molecular flexibility index (Phi) is 3.51. The molecule has 0 aliphatic carbocycles. The number of hydrogen-bond acceptors (Lipinski definition) is 4. The third-order valence-electron chi connectivity index (χ3n) is 5.14. The van der Waals surface area contributed by atoms with Crippen molar-refractivity contribution in [2.45, 2.75) is 44.3 Å². The minimum Gasteiger partial charge on any atom is -0.486 e. The largest absolute Gasteiger partial charge is 0.486 e. The van der Waals surface area contributed by atoms with Gasteiger partial charge in [0.1, 0.15) is 13.2 Å². The lowest BCUT2D eigenvalue weighted by molar-refractivity contribution is 0.171. The molecule has 114 valence electrons. The summed E-state index contributed by atoms with van der Waals surface area (Å²) in [5, 5.41) is 3.84. The van der Waals surface area contributed by atoms with E-state index in [-0.39, 0.29) is 0 Å². The molecule has 3 unspecified atom stereocenters. The Bertz CT molecular complexity index is 520. The molecule has 0 spiro atoms. The highest BCUT2D eigenvalue weighted by Gasteiger charge is 2.37. The lowest BCUT2D eigenvalue weighted by Gasteiger charge is -2.26.